The Kier molecular flexibility index (Phi) is 3.24. The van der Waals surface area contributed by atoms with Crippen molar-refractivity contribution < 1.29 is 0 Å². The van der Waals surface area contributed by atoms with Gasteiger partial charge in [0.15, 0.2) is 5.82 Å². The fourth-order valence-electron chi connectivity index (χ4n) is 2.16. The monoisotopic (exact) mass is 282 g/mol. The van der Waals surface area contributed by atoms with Crippen LogP contribution in [-0.4, -0.2) is 21.7 Å². The number of hydrogen-bond acceptors (Lipinski definition) is 3. The van der Waals surface area contributed by atoms with Crippen molar-refractivity contribution in [1.82, 2.24) is 20.5 Å². The van der Waals surface area contributed by atoms with Gasteiger partial charge in [-0.05, 0) is 37.6 Å². The van der Waals surface area contributed by atoms with Crippen molar-refractivity contribution >= 4 is 23.2 Å². The van der Waals surface area contributed by atoms with E-state index in [1.807, 2.05) is 12.1 Å². The Balaban J connectivity index is 1.92. The van der Waals surface area contributed by atoms with E-state index in [0.29, 0.717) is 15.9 Å². The molecule has 2 aromatic rings. The predicted octanol–water partition coefficient (Wildman–Crippen LogP) is 3.20. The van der Waals surface area contributed by atoms with Crippen LogP contribution in [0.25, 0.3) is 11.4 Å². The van der Waals surface area contributed by atoms with Crippen LogP contribution in [0, 0.1) is 0 Å². The van der Waals surface area contributed by atoms with Crippen molar-refractivity contribution in [3.8, 4) is 11.4 Å². The number of H-pyrrole nitrogens is 1. The molecular formula is C12H12Cl2N4. The Morgan fingerprint density at radius 1 is 1.17 bits per heavy atom. The minimum Gasteiger partial charge on any atom is -0.307 e. The molecule has 1 unspecified atom stereocenters. The van der Waals surface area contributed by atoms with E-state index in [-0.39, 0.29) is 6.04 Å². The average Bonchev–Trinajstić information content (AvgIpc) is 2.99. The molecule has 0 bridgehead atoms. The Hall–Kier alpha value is -1.10. The summed E-state index contributed by atoms with van der Waals surface area (Å²) in [5.41, 5.74) is 0.827. The highest BCUT2D eigenvalue weighted by molar-refractivity contribution is 6.35. The van der Waals surface area contributed by atoms with Gasteiger partial charge in [-0.3, -0.25) is 5.10 Å². The molecule has 1 aliphatic rings. The summed E-state index contributed by atoms with van der Waals surface area (Å²) in [6, 6.07) is 5.59. The van der Waals surface area contributed by atoms with Crippen LogP contribution in [-0.2, 0) is 0 Å². The molecule has 0 amide bonds. The zero-order chi connectivity index (χ0) is 12.5. The van der Waals surface area contributed by atoms with Gasteiger partial charge in [-0.2, -0.15) is 5.10 Å². The summed E-state index contributed by atoms with van der Waals surface area (Å²) in [6.07, 6.45) is 2.26. The van der Waals surface area contributed by atoms with Crippen LogP contribution in [0.4, 0.5) is 0 Å². The van der Waals surface area contributed by atoms with E-state index in [1.54, 1.807) is 6.07 Å². The molecule has 1 fully saturated rings. The quantitative estimate of drug-likeness (QED) is 0.889. The van der Waals surface area contributed by atoms with E-state index in [4.69, 9.17) is 23.2 Å². The summed E-state index contributed by atoms with van der Waals surface area (Å²) in [6.45, 7) is 1.03. The van der Waals surface area contributed by atoms with Crippen LogP contribution in [0.3, 0.4) is 0 Å². The number of nitrogens with zero attached hydrogens (tertiary/aromatic N) is 2. The lowest BCUT2D eigenvalue weighted by Crippen LogP contribution is -2.14. The molecule has 1 aliphatic heterocycles. The Morgan fingerprint density at radius 3 is 2.61 bits per heavy atom. The molecule has 1 atom stereocenters. The maximum absolute atomic E-state index is 5.97. The van der Waals surface area contributed by atoms with Gasteiger partial charge in [0, 0.05) is 15.6 Å². The normalized spacial score (nSPS) is 19.3. The molecule has 3 rings (SSSR count). The van der Waals surface area contributed by atoms with Crippen molar-refractivity contribution in [2.45, 2.75) is 18.9 Å². The van der Waals surface area contributed by atoms with Crippen molar-refractivity contribution in [2.24, 2.45) is 0 Å². The number of halogens is 2. The average molecular weight is 283 g/mol. The Morgan fingerprint density at radius 2 is 1.94 bits per heavy atom. The minimum atomic E-state index is 0.279. The SMILES string of the molecule is Clc1cc(Cl)cc(-c2n[nH]c(C3CCCN3)n2)c1. The van der Waals surface area contributed by atoms with Crippen LogP contribution in [0.1, 0.15) is 24.7 Å². The summed E-state index contributed by atoms with van der Waals surface area (Å²) >= 11 is 11.9. The van der Waals surface area contributed by atoms with Gasteiger partial charge in [0.1, 0.15) is 5.82 Å². The molecule has 0 saturated carbocycles. The number of aromatic amines is 1. The first-order valence-corrected chi connectivity index (χ1v) is 6.60. The van der Waals surface area contributed by atoms with Gasteiger partial charge < -0.3 is 5.32 Å². The molecule has 18 heavy (non-hydrogen) atoms. The zero-order valence-electron chi connectivity index (χ0n) is 9.58. The largest absolute Gasteiger partial charge is 0.307 e. The topological polar surface area (TPSA) is 53.6 Å². The molecule has 4 nitrogen and oxygen atoms in total. The summed E-state index contributed by atoms with van der Waals surface area (Å²) in [7, 11) is 0. The van der Waals surface area contributed by atoms with Crippen LogP contribution < -0.4 is 5.32 Å². The van der Waals surface area contributed by atoms with Crippen molar-refractivity contribution in [3.63, 3.8) is 0 Å². The van der Waals surface area contributed by atoms with Crippen LogP contribution >= 0.6 is 23.2 Å². The van der Waals surface area contributed by atoms with Gasteiger partial charge in [-0.25, -0.2) is 4.98 Å². The van der Waals surface area contributed by atoms with Gasteiger partial charge in [0.25, 0.3) is 0 Å². The smallest absolute Gasteiger partial charge is 0.181 e. The molecule has 6 heteroatoms. The lowest BCUT2D eigenvalue weighted by Gasteiger charge is -2.03. The highest BCUT2D eigenvalue weighted by Gasteiger charge is 2.20. The summed E-state index contributed by atoms with van der Waals surface area (Å²) in [5.74, 6) is 1.50. The fraction of sp³-hybridized carbons (Fsp3) is 0.333. The first-order valence-electron chi connectivity index (χ1n) is 5.84. The van der Waals surface area contributed by atoms with Gasteiger partial charge in [-0.1, -0.05) is 23.2 Å². The molecule has 1 aromatic heterocycles. The van der Waals surface area contributed by atoms with E-state index in [2.05, 4.69) is 20.5 Å². The standard InChI is InChI=1S/C12H12Cl2N4/c13-8-4-7(5-9(14)6-8)11-16-12(18-17-11)10-2-1-3-15-10/h4-6,10,15H,1-3H2,(H,16,17,18). The minimum absolute atomic E-state index is 0.279. The van der Waals surface area contributed by atoms with Gasteiger partial charge in [-0.15, -0.1) is 0 Å². The van der Waals surface area contributed by atoms with E-state index in [0.717, 1.165) is 24.4 Å². The molecule has 2 N–H and O–H groups in total. The van der Waals surface area contributed by atoms with E-state index in [9.17, 15) is 0 Å². The second-order valence-electron chi connectivity index (χ2n) is 4.35. The summed E-state index contributed by atoms with van der Waals surface area (Å²) in [4.78, 5) is 4.50. The van der Waals surface area contributed by atoms with Crippen LogP contribution in [0.2, 0.25) is 10.0 Å². The lowest BCUT2D eigenvalue weighted by molar-refractivity contribution is 0.608. The number of benzene rings is 1. The highest BCUT2D eigenvalue weighted by atomic mass is 35.5. The van der Waals surface area contributed by atoms with Crippen LogP contribution in [0.5, 0.6) is 0 Å². The molecule has 1 saturated heterocycles. The Labute approximate surface area is 115 Å². The molecule has 1 aromatic carbocycles. The summed E-state index contributed by atoms with van der Waals surface area (Å²) < 4.78 is 0. The second kappa shape index (κ2) is 4.88. The molecule has 2 heterocycles. The van der Waals surface area contributed by atoms with Gasteiger partial charge in [0.05, 0.1) is 6.04 Å². The van der Waals surface area contributed by atoms with E-state index < -0.39 is 0 Å². The molecule has 0 spiro atoms. The van der Waals surface area contributed by atoms with Crippen molar-refractivity contribution in [3.05, 3.63) is 34.1 Å². The molecule has 0 aliphatic carbocycles. The maximum atomic E-state index is 5.97. The van der Waals surface area contributed by atoms with Crippen LogP contribution in [0.15, 0.2) is 18.2 Å². The van der Waals surface area contributed by atoms with Crippen molar-refractivity contribution in [1.29, 1.82) is 0 Å². The number of nitrogens with one attached hydrogen (secondary N) is 2. The molecule has 0 radical (unpaired) electrons. The Bertz CT molecular complexity index is 541. The van der Waals surface area contributed by atoms with E-state index in [1.165, 1.54) is 6.42 Å². The zero-order valence-corrected chi connectivity index (χ0v) is 11.1. The second-order valence-corrected chi connectivity index (χ2v) is 5.22. The van der Waals surface area contributed by atoms with Gasteiger partial charge in [0.2, 0.25) is 0 Å². The third-order valence-corrected chi connectivity index (χ3v) is 3.45. The predicted molar refractivity (Wildman–Crippen MR) is 71.8 cm³/mol. The lowest BCUT2D eigenvalue weighted by atomic mass is 10.2. The maximum Gasteiger partial charge on any atom is 0.181 e. The number of rotatable bonds is 2. The molecule has 94 valence electrons. The number of aromatic nitrogens is 3. The van der Waals surface area contributed by atoms with Crippen molar-refractivity contribution in [2.75, 3.05) is 6.54 Å². The van der Waals surface area contributed by atoms with E-state index >= 15 is 0 Å². The third-order valence-electron chi connectivity index (χ3n) is 3.01. The molecular weight excluding hydrogens is 271 g/mol. The van der Waals surface area contributed by atoms with Gasteiger partial charge >= 0.3 is 0 Å². The first-order chi connectivity index (χ1) is 8.72. The third kappa shape index (κ3) is 2.36. The fourth-order valence-corrected chi connectivity index (χ4v) is 2.69. The summed E-state index contributed by atoms with van der Waals surface area (Å²) in [5, 5.41) is 11.7. The highest BCUT2D eigenvalue weighted by Crippen LogP contribution is 2.26. The first kappa shape index (κ1) is 12.0. The number of hydrogen-bond donors (Lipinski definition) is 2.